The highest BCUT2D eigenvalue weighted by Gasteiger charge is 2.23. The average Bonchev–Trinajstić information content (AvgIpc) is 2.50. The molecule has 23 heavy (non-hydrogen) atoms. The quantitative estimate of drug-likeness (QED) is 0.907. The fourth-order valence-electron chi connectivity index (χ4n) is 1.98. The molecule has 1 amide bonds. The molecule has 1 N–H and O–H groups in total. The first-order valence-electron chi connectivity index (χ1n) is 7.04. The van der Waals surface area contributed by atoms with E-state index in [0.717, 1.165) is 15.4 Å². The van der Waals surface area contributed by atoms with Gasteiger partial charge in [0.1, 0.15) is 0 Å². The summed E-state index contributed by atoms with van der Waals surface area (Å²) in [6, 6.07) is 8.19. The maximum atomic E-state index is 12.5. The number of hydrogen-bond acceptors (Lipinski definition) is 4. The molecule has 1 aromatic heterocycles. The van der Waals surface area contributed by atoms with E-state index in [2.05, 4.69) is 10.3 Å². The number of carbonyl (C=O) groups is 1. The van der Waals surface area contributed by atoms with Crippen LogP contribution in [0.25, 0.3) is 0 Å². The Morgan fingerprint density at radius 3 is 2.39 bits per heavy atom. The van der Waals surface area contributed by atoms with Gasteiger partial charge in [0.2, 0.25) is 15.9 Å². The number of anilines is 1. The van der Waals surface area contributed by atoms with Crippen molar-refractivity contribution >= 4 is 21.6 Å². The molecule has 0 unspecified atom stereocenters. The number of aromatic nitrogens is 1. The van der Waals surface area contributed by atoms with Crippen molar-refractivity contribution in [2.45, 2.75) is 18.7 Å². The first-order valence-corrected chi connectivity index (χ1v) is 8.48. The maximum absolute atomic E-state index is 12.5. The highest BCUT2D eigenvalue weighted by molar-refractivity contribution is 7.89. The molecule has 0 saturated carbocycles. The summed E-state index contributed by atoms with van der Waals surface area (Å²) in [6.07, 6.45) is 3.09. The number of aryl methyl sites for hydroxylation is 2. The van der Waals surface area contributed by atoms with Crippen molar-refractivity contribution in [3.05, 3.63) is 53.9 Å². The Labute approximate surface area is 136 Å². The summed E-state index contributed by atoms with van der Waals surface area (Å²) in [5.41, 5.74) is 2.48. The van der Waals surface area contributed by atoms with E-state index in [1.165, 1.54) is 7.05 Å². The highest BCUT2D eigenvalue weighted by atomic mass is 32.2. The Hall–Kier alpha value is -2.25. The van der Waals surface area contributed by atoms with Crippen molar-refractivity contribution in [2.24, 2.45) is 0 Å². The van der Waals surface area contributed by atoms with Crippen molar-refractivity contribution in [1.82, 2.24) is 9.29 Å². The molecule has 2 rings (SSSR count). The molecule has 0 atom stereocenters. The Morgan fingerprint density at radius 2 is 1.78 bits per heavy atom. The number of amides is 1. The summed E-state index contributed by atoms with van der Waals surface area (Å²) in [7, 11) is -2.32. The standard InChI is InChI=1S/C16H19N3O3S/c1-12-4-5-15(10-13(12)2)23(21,22)19(3)11-16(20)18-14-6-8-17-9-7-14/h4-10H,11H2,1-3H3,(H,17,18,20). The predicted molar refractivity (Wildman–Crippen MR) is 88.6 cm³/mol. The Bertz CT molecular complexity index is 805. The molecule has 0 radical (unpaired) electrons. The van der Waals surface area contributed by atoms with Gasteiger partial charge in [-0.25, -0.2) is 8.42 Å². The van der Waals surface area contributed by atoms with E-state index < -0.39 is 15.9 Å². The van der Waals surface area contributed by atoms with Gasteiger partial charge in [0, 0.05) is 25.1 Å². The second-order valence-electron chi connectivity index (χ2n) is 5.29. The zero-order chi connectivity index (χ0) is 17.0. The van der Waals surface area contributed by atoms with Crippen molar-refractivity contribution in [3.8, 4) is 0 Å². The summed E-state index contributed by atoms with van der Waals surface area (Å²) >= 11 is 0. The molecule has 0 spiro atoms. The van der Waals surface area contributed by atoms with Gasteiger partial charge in [-0.3, -0.25) is 9.78 Å². The fourth-order valence-corrected chi connectivity index (χ4v) is 3.19. The molecule has 6 nitrogen and oxygen atoms in total. The summed E-state index contributed by atoms with van der Waals surface area (Å²) in [5, 5.41) is 2.63. The minimum atomic E-state index is -3.71. The fraction of sp³-hybridized carbons (Fsp3) is 0.250. The second-order valence-corrected chi connectivity index (χ2v) is 7.34. The molecule has 1 aromatic carbocycles. The van der Waals surface area contributed by atoms with Crippen LogP contribution in [0.4, 0.5) is 5.69 Å². The Kier molecular flexibility index (Phi) is 5.12. The van der Waals surface area contributed by atoms with Crippen LogP contribution in [0.1, 0.15) is 11.1 Å². The third kappa shape index (κ3) is 4.14. The highest BCUT2D eigenvalue weighted by Crippen LogP contribution is 2.18. The maximum Gasteiger partial charge on any atom is 0.243 e. The van der Waals surface area contributed by atoms with Gasteiger partial charge in [-0.15, -0.1) is 0 Å². The van der Waals surface area contributed by atoms with Gasteiger partial charge in [0.05, 0.1) is 11.4 Å². The van der Waals surface area contributed by atoms with Crippen LogP contribution in [0.5, 0.6) is 0 Å². The molecule has 7 heteroatoms. The largest absolute Gasteiger partial charge is 0.325 e. The van der Waals surface area contributed by atoms with E-state index in [0.29, 0.717) is 5.69 Å². The minimum absolute atomic E-state index is 0.180. The van der Waals surface area contributed by atoms with E-state index in [4.69, 9.17) is 0 Å². The van der Waals surface area contributed by atoms with Crippen LogP contribution in [0.3, 0.4) is 0 Å². The van der Waals surface area contributed by atoms with Crippen molar-refractivity contribution in [3.63, 3.8) is 0 Å². The Morgan fingerprint density at radius 1 is 1.13 bits per heavy atom. The number of nitrogens with one attached hydrogen (secondary N) is 1. The van der Waals surface area contributed by atoms with Crippen LogP contribution in [-0.2, 0) is 14.8 Å². The predicted octanol–water partition coefficient (Wildman–Crippen LogP) is 1.96. The molecular weight excluding hydrogens is 314 g/mol. The minimum Gasteiger partial charge on any atom is -0.325 e. The molecule has 0 aliphatic carbocycles. The lowest BCUT2D eigenvalue weighted by molar-refractivity contribution is -0.116. The number of pyridine rings is 1. The van der Waals surface area contributed by atoms with Gasteiger partial charge in [-0.1, -0.05) is 6.07 Å². The molecule has 0 bridgehead atoms. The monoisotopic (exact) mass is 333 g/mol. The lowest BCUT2D eigenvalue weighted by Crippen LogP contribution is -2.35. The van der Waals surface area contributed by atoms with Crippen LogP contribution in [0.2, 0.25) is 0 Å². The number of likely N-dealkylation sites (N-methyl/N-ethyl adjacent to an activating group) is 1. The molecule has 0 aliphatic heterocycles. The van der Waals surface area contributed by atoms with E-state index in [1.54, 1.807) is 42.7 Å². The lowest BCUT2D eigenvalue weighted by Gasteiger charge is -2.17. The number of nitrogens with zero attached hydrogens (tertiary/aromatic N) is 2. The van der Waals surface area contributed by atoms with Crippen molar-refractivity contribution in [1.29, 1.82) is 0 Å². The van der Waals surface area contributed by atoms with E-state index in [-0.39, 0.29) is 11.4 Å². The topological polar surface area (TPSA) is 79.4 Å². The normalized spacial score (nSPS) is 11.5. The van der Waals surface area contributed by atoms with Crippen LogP contribution in [0.15, 0.2) is 47.6 Å². The first kappa shape index (κ1) is 17.1. The van der Waals surface area contributed by atoms with Gasteiger partial charge in [0.15, 0.2) is 0 Å². The molecular formula is C16H19N3O3S. The number of rotatable bonds is 5. The first-order chi connectivity index (χ1) is 10.8. The van der Waals surface area contributed by atoms with Gasteiger partial charge in [0.25, 0.3) is 0 Å². The third-order valence-electron chi connectivity index (χ3n) is 3.52. The molecule has 122 valence electrons. The van der Waals surface area contributed by atoms with Crippen LogP contribution < -0.4 is 5.32 Å². The summed E-state index contributed by atoms with van der Waals surface area (Å²) in [5.74, 6) is -0.411. The van der Waals surface area contributed by atoms with Crippen LogP contribution >= 0.6 is 0 Å². The molecule has 0 fully saturated rings. The Balaban J connectivity index is 2.10. The van der Waals surface area contributed by atoms with Crippen LogP contribution in [-0.4, -0.2) is 37.2 Å². The molecule has 0 aliphatic rings. The van der Waals surface area contributed by atoms with Gasteiger partial charge >= 0.3 is 0 Å². The van der Waals surface area contributed by atoms with Crippen LogP contribution in [0, 0.1) is 13.8 Å². The number of carbonyl (C=O) groups excluding carboxylic acids is 1. The summed E-state index contributed by atoms with van der Waals surface area (Å²) in [4.78, 5) is 16.0. The molecule has 0 saturated heterocycles. The van der Waals surface area contributed by atoms with Crippen molar-refractivity contribution < 1.29 is 13.2 Å². The molecule has 2 aromatic rings. The summed E-state index contributed by atoms with van der Waals surface area (Å²) in [6.45, 7) is 3.50. The zero-order valence-corrected chi connectivity index (χ0v) is 14.1. The number of sulfonamides is 1. The number of benzene rings is 1. The number of hydrogen-bond donors (Lipinski definition) is 1. The van der Waals surface area contributed by atoms with E-state index in [9.17, 15) is 13.2 Å². The van der Waals surface area contributed by atoms with Crippen molar-refractivity contribution in [2.75, 3.05) is 18.9 Å². The van der Waals surface area contributed by atoms with E-state index >= 15 is 0 Å². The molecule has 1 heterocycles. The smallest absolute Gasteiger partial charge is 0.243 e. The average molecular weight is 333 g/mol. The third-order valence-corrected chi connectivity index (χ3v) is 5.32. The second kappa shape index (κ2) is 6.89. The van der Waals surface area contributed by atoms with Gasteiger partial charge in [-0.2, -0.15) is 4.31 Å². The summed E-state index contributed by atoms with van der Waals surface area (Å²) < 4.78 is 26.1. The van der Waals surface area contributed by atoms with Gasteiger partial charge in [-0.05, 0) is 49.2 Å². The SMILES string of the molecule is Cc1ccc(S(=O)(=O)N(C)CC(=O)Nc2ccncc2)cc1C. The van der Waals surface area contributed by atoms with Gasteiger partial charge < -0.3 is 5.32 Å². The van der Waals surface area contributed by atoms with E-state index in [1.807, 2.05) is 13.8 Å². The zero-order valence-electron chi connectivity index (χ0n) is 13.3. The lowest BCUT2D eigenvalue weighted by atomic mass is 10.1.